The van der Waals surface area contributed by atoms with Crippen molar-refractivity contribution in [2.24, 2.45) is 0 Å². The highest BCUT2D eigenvalue weighted by molar-refractivity contribution is 6.39. The Morgan fingerprint density at radius 2 is 1.94 bits per heavy atom. The van der Waals surface area contributed by atoms with E-state index in [9.17, 15) is 14.7 Å². The molecule has 0 fully saturated rings. The SMILES string of the molecule is O=C(N[C@H](C/C=C/CCCCc1ccc2c(n1)NCCC2)C(=O)O)c1c(Cl)cccc1Cl. The van der Waals surface area contributed by atoms with Crippen LogP contribution in [0.25, 0.3) is 0 Å². The van der Waals surface area contributed by atoms with E-state index in [-0.39, 0.29) is 22.0 Å². The lowest BCUT2D eigenvalue weighted by molar-refractivity contribution is -0.139. The van der Waals surface area contributed by atoms with Gasteiger partial charge in [0.2, 0.25) is 0 Å². The van der Waals surface area contributed by atoms with Gasteiger partial charge >= 0.3 is 5.97 Å². The second-order valence-electron chi connectivity index (χ2n) is 7.75. The number of unbranched alkanes of at least 4 members (excludes halogenated alkanes) is 2. The first-order valence-corrected chi connectivity index (χ1v) is 11.6. The molecule has 0 bridgehead atoms. The van der Waals surface area contributed by atoms with Gasteiger partial charge in [0.1, 0.15) is 11.9 Å². The number of aliphatic carboxylic acids is 1. The van der Waals surface area contributed by atoms with Gasteiger partial charge in [0.05, 0.1) is 15.6 Å². The Hall–Kier alpha value is -2.57. The van der Waals surface area contributed by atoms with Crippen molar-refractivity contribution in [1.82, 2.24) is 10.3 Å². The Bertz CT molecular complexity index is 974. The third-order valence-corrected chi connectivity index (χ3v) is 5.97. The molecule has 8 heteroatoms. The number of amides is 1. The topological polar surface area (TPSA) is 91.3 Å². The number of nitrogens with zero attached hydrogens (tertiary/aromatic N) is 1. The van der Waals surface area contributed by atoms with Gasteiger partial charge in [-0.2, -0.15) is 0 Å². The molecule has 1 aromatic heterocycles. The van der Waals surface area contributed by atoms with Gasteiger partial charge in [0.25, 0.3) is 5.91 Å². The van der Waals surface area contributed by atoms with Crippen molar-refractivity contribution >= 4 is 40.9 Å². The van der Waals surface area contributed by atoms with Crippen LogP contribution in [-0.4, -0.2) is 34.6 Å². The van der Waals surface area contributed by atoms with E-state index in [2.05, 4.69) is 22.8 Å². The lowest BCUT2D eigenvalue weighted by Gasteiger charge is -2.17. The summed E-state index contributed by atoms with van der Waals surface area (Å²) in [6.07, 6.45) is 9.88. The van der Waals surface area contributed by atoms with Crippen LogP contribution in [0.1, 0.15) is 53.7 Å². The average molecular weight is 476 g/mol. The molecule has 6 nitrogen and oxygen atoms in total. The lowest BCUT2D eigenvalue weighted by atomic mass is 10.1. The molecule has 0 radical (unpaired) electrons. The van der Waals surface area contributed by atoms with Crippen molar-refractivity contribution in [2.45, 2.75) is 51.0 Å². The maximum atomic E-state index is 12.4. The number of fused-ring (bicyclic) bond motifs is 1. The highest BCUT2D eigenvalue weighted by Gasteiger charge is 2.22. The van der Waals surface area contributed by atoms with Crippen molar-refractivity contribution in [3.8, 4) is 0 Å². The predicted molar refractivity (Wildman–Crippen MR) is 128 cm³/mol. The molecule has 3 N–H and O–H groups in total. The van der Waals surface area contributed by atoms with E-state index < -0.39 is 17.9 Å². The van der Waals surface area contributed by atoms with Gasteiger partial charge in [-0.3, -0.25) is 4.79 Å². The number of benzene rings is 1. The number of nitrogens with one attached hydrogen (secondary N) is 2. The summed E-state index contributed by atoms with van der Waals surface area (Å²) in [5, 5.41) is 15.6. The number of aromatic nitrogens is 1. The number of anilines is 1. The molecule has 2 aromatic rings. The van der Waals surface area contributed by atoms with Crippen LogP contribution in [-0.2, 0) is 17.6 Å². The van der Waals surface area contributed by atoms with Crippen molar-refractivity contribution in [1.29, 1.82) is 0 Å². The first kappa shape index (κ1) is 24.1. The maximum Gasteiger partial charge on any atom is 0.326 e. The fourth-order valence-corrected chi connectivity index (χ4v) is 4.16. The molecule has 0 saturated heterocycles. The van der Waals surface area contributed by atoms with Crippen LogP contribution < -0.4 is 10.6 Å². The molecule has 32 heavy (non-hydrogen) atoms. The van der Waals surface area contributed by atoms with Gasteiger partial charge in [0, 0.05) is 12.2 Å². The number of carbonyl (C=O) groups is 2. The van der Waals surface area contributed by atoms with Crippen molar-refractivity contribution in [3.63, 3.8) is 0 Å². The number of carboxylic acid groups (broad SMARTS) is 1. The molecule has 0 spiro atoms. The molecule has 1 atom stereocenters. The standard InChI is InChI=1S/C24H27Cl2N3O3/c25-18-10-6-11-19(26)21(18)23(30)29-20(24(31)32)12-5-3-1-2-4-9-17-14-13-16-8-7-15-27-22(16)28-17/h3,5-6,10-11,13-14,20H,1-2,4,7-9,12,15H2,(H,27,28)(H,29,30)(H,31,32)/b5-3+/t20-/m1/s1. The molecule has 1 amide bonds. The zero-order chi connectivity index (χ0) is 22.9. The van der Waals surface area contributed by atoms with E-state index in [4.69, 9.17) is 28.2 Å². The van der Waals surface area contributed by atoms with E-state index >= 15 is 0 Å². The normalized spacial score (nSPS) is 13.9. The van der Waals surface area contributed by atoms with E-state index in [1.54, 1.807) is 12.1 Å². The molecule has 1 aliphatic heterocycles. The quantitative estimate of drug-likeness (QED) is 0.320. The summed E-state index contributed by atoms with van der Waals surface area (Å²) in [4.78, 5) is 28.7. The van der Waals surface area contributed by atoms with E-state index in [0.717, 1.165) is 56.6 Å². The average Bonchev–Trinajstić information content (AvgIpc) is 2.77. The Kier molecular flexibility index (Phi) is 8.94. The summed E-state index contributed by atoms with van der Waals surface area (Å²) in [5.41, 5.74) is 2.46. The van der Waals surface area contributed by atoms with Crippen LogP contribution in [0.15, 0.2) is 42.5 Å². The van der Waals surface area contributed by atoms with E-state index in [0.29, 0.717) is 0 Å². The molecule has 0 unspecified atom stereocenters. The molecule has 3 rings (SSSR count). The van der Waals surface area contributed by atoms with Gasteiger partial charge in [-0.25, -0.2) is 9.78 Å². The minimum atomic E-state index is -1.11. The summed E-state index contributed by atoms with van der Waals surface area (Å²) in [7, 11) is 0. The van der Waals surface area contributed by atoms with Crippen molar-refractivity contribution in [2.75, 3.05) is 11.9 Å². The number of halogens is 2. The number of rotatable bonds is 10. The van der Waals surface area contributed by atoms with Crippen LogP contribution in [0.4, 0.5) is 5.82 Å². The Balaban J connectivity index is 1.41. The van der Waals surface area contributed by atoms with Crippen LogP contribution in [0, 0.1) is 0 Å². The largest absolute Gasteiger partial charge is 0.480 e. The zero-order valence-electron chi connectivity index (χ0n) is 17.7. The molecule has 1 aliphatic rings. The van der Waals surface area contributed by atoms with Gasteiger partial charge < -0.3 is 15.7 Å². The van der Waals surface area contributed by atoms with Gasteiger partial charge in [-0.1, -0.05) is 47.5 Å². The highest BCUT2D eigenvalue weighted by atomic mass is 35.5. The zero-order valence-corrected chi connectivity index (χ0v) is 19.3. The second-order valence-corrected chi connectivity index (χ2v) is 8.57. The molecule has 0 aliphatic carbocycles. The molecule has 1 aromatic carbocycles. The number of carboxylic acids is 1. The summed E-state index contributed by atoms with van der Waals surface area (Å²) in [5.74, 6) is -0.694. The van der Waals surface area contributed by atoms with Crippen LogP contribution in [0.5, 0.6) is 0 Å². The third-order valence-electron chi connectivity index (χ3n) is 5.34. The monoisotopic (exact) mass is 475 g/mol. The lowest BCUT2D eigenvalue weighted by Crippen LogP contribution is -2.40. The van der Waals surface area contributed by atoms with Crippen LogP contribution >= 0.6 is 23.2 Å². The molecule has 0 saturated carbocycles. The summed E-state index contributed by atoms with van der Waals surface area (Å²) in [6.45, 7) is 0.984. The molecule has 170 valence electrons. The summed E-state index contributed by atoms with van der Waals surface area (Å²) >= 11 is 12.1. The van der Waals surface area contributed by atoms with Crippen LogP contribution in [0.2, 0.25) is 10.0 Å². The number of hydrogen-bond donors (Lipinski definition) is 3. The minimum Gasteiger partial charge on any atom is -0.480 e. The third kappa shape index (κ3) is 6.71. The first-order valence-electron chi connectivity index (χ1n) is 10.8. The fourth-order valence-electron chi connectivity index (χ4n) is 3.59. The first-order chi connectivity index (χ1) is 15.5. The number of allylic oxidation sites excluding steroid dienone is 1. The van der Waals surface area contributed by atoms with Gasteiger partial charge in [-0.05, 0) is 68.7 Å². The molecular formula is C24H27Cl2N3O3. The summed E-state index contributed by atoms with van der Waals surface area (Å²) < 4.78 is 0. The van der Waals surface area contributed by atoms with E-state index in [1.807, 2.05) is 6.08 Å². The van der Waals surface area contributed by atoms with Crippen molar-refractivity contribution in [3.05, 3.63) is 69.3 Å². The maximum absolute atomic E-state index is 12.4. The number of hydrogen-bond acceptors (Lipinski definition) is 4. The highest BCUT2D eigenvalue weighted by Crippen LogP contribution is 2.24. The number of pyridine rings is 1. The molecule has 2 heterocycles. The molecular weight excluding hydrogens is 449 g/mol. The van der Waals surface area contributed by atoms with Gasteiger partial charge in [0.15, 0.2) is 0 Å². The second kappa shape index (κ2) is 11.9. The Morgan fingerprint density at radius 3 is 2.69 bits per heavy atom. The van der Waals surface area contributed by atoms with Gasteiger partial charge in [-0.15, -0.1) is 0 Å². The van der Waals surface area contributed by atoms with Crippen molar-refractivity contribution < 1.29 is 14.7 Å². The smallest absolute Gasteiger partial charge is 0.326 e. The summed E-state index contributed by atoms with van der Waals surface area (Å²) in [6, 6.07) is 7.91. The van der Waals surface area contributed by atoms with Crippen LogP contribution in [0.3, 0.4) is 0 Å². The minimum absolute atomic E-state index is 0.0806. The fraction of sp³-hybridized carbons (Fsp3) is 0.375. The predicted octanol–water partition coefficient (Wildman–Crippen LogP) is 5.29. The number of carbonyl (C=O) groups excluding carboxylic acids is 1. The Labute approximate surface area is 198 Å². The Morgan fingerprint density at radius 1 is 1.16 bits per heavy atom. The van der Waals surface area contributed by atoms with E-state index in [1.165, 1.54) is 17.7 Å². The number of aryl methyl sites for hydroxylation is 2.